The quantitative estimate of drug-likeness (QED) is 0.887. The predicted octanol–water partition coefficient (Wildman–Crippen LogP) is 1.44. The van der Waals surface area contributed by atoms with E-state index in [0.717, 1.165) is 12.2 Å². The van der Waals surface area contributed by atoms with Crippen molar-refractivity contribution in [3.63, 3.8) is 0 Å². The van der Waals surface area contributed by atoms with Gasteiger partial charge in [0.05, 0.1) is 5.69 Å². The number of rotatable bonds is 5. The molecule has 2 heterocycles. The molecule has 2 aromatic heterocycles. The molecule has 0 aliphatic rings. The van der Waals surface area contributed by atoms with Crippen molar-refractivity contribution in [1.82, 2.24) is 19.5 Å². The van der Waals surface area contributed by atoms with Gasteiger partial charge >= 0.3 is 0 Å². The smallest absolute Gasteiger partial charge is 0.276 e. The zero-order valence-corrected chi connectivity index (χ0v) is 12.1. The molecule has 5 heteroatoms. The molecule has 5 nitrogen and oxygen atoms in total. The highest BCUT2D eigenvalue weighted by atomic mass is 16.1. The number of aromatic nitrogens is 3. The van der Waals surface area contributed by atoms with Gasteiger partial charge < -0.3 is 9.88 Å². The van der Waals surface area contributed by atoms with E-state index in [1.165, 1.54) is 0 Å². The lowest BCUT2D eigenvalue weighted by atomic mass is 10.0. The molecule has 0 aliphatic carbocycles. The van der Waals surface area contributed by atoms with Gasteiger partial charge in [-0.1, -0.05) is 20.8 Å². The van der Waals surface area contributed by atoms with E-state index in [4.69, 9.17) is 0 Å². The minimum Gasteiger partial charge on any atom is -0.312 e. The van der Waals surface area contributed by atoms with Crippen LogP contribution in [0.25, 0.3) is 5.52 Å². The zero-order valence-electron chi connectivity index (χ0n) is 12.1. The molecule has 1 N–H and O–H groups in total. The van der Waals surface area contributed by atoms with E-state index in [0.29, 0.717) is 24.0 Å². The third kappa shape index (κ3) is 2.87. The Kier molecular flexibility index (Phi) is 4.04. The van der Waals surface area contributed by atoms with Crippen molar-refractivity contribution in [2.75, 3.05) is 6.54 Å². The van der Waals surface area contributed by atoms with Crippen LogP contribution in [-0.4, -0.2) is 26.8 Å². The molecule has 0 amide bonds. The number of nitrogens with one attached hydrogen (secondary N) is 1. The lowest BCUT2D eigenvalue weighted by Crippen LogP contribution is -2.40. The number of hydrogen-bond donors (Lipinski definition) is 1. The van der Waals surface area contributed by atoms with Gasteiger partial charge in [0.2, 0.25) is 0 Å². The second-order valence-electron chi connectivity index (χ2n) is 5.28. The molecule has 0 aliphatic heterocycles. The predicted molar refractivity (Wildman–Crippen MR) is 76.5 cm³/mol. The first-order valence-corrected chi connectivity index (χ1v) is 6.81. The van der Waals surface area contributed by atoms with Crippen molar-refractivity contribution in [2.45, 2.75) is 40.3 Å². The molecule has 0 saturated carbocycles. The summed E-state index contributed by atoms with van der Waals surface area (Å²) in [6, 6.07) is 2.13. The van der Waals surface area contributed by atoms with Gasteiger partial charge in [-0.05, 0) is 25.5 Å². The third-order valence-electron chi connectivity index (χ3n) is 3.39. The Morgan fingerprint density at radius 2 is 2.11 bits per heavy atom. The maximum atomic E-state index is 12.4. The molecule has 0 spiro atoms. The molecule has 1 unspecified atom stereocenters. The van der Waals surface area contributed by atoms with Crippen LogP contribution in [0.1, 0.15) is 26.5 Å². The summed E-state index contributed by atoms with van der Waals surface area (Å²) in [4.78, 5) is 12.4. The molecule has 0 fully saturated rings. The Labute approximate surface area is 113 Å². The minimum atomic E-state index is 0.0200. The Morgan fingerprint density at radius 3 is 2.74 bits per heavy atom. The van der Waals surface area contributed by atoms with Crippen molar-refractivity contribution in [2.24, 2.45) is 5.92 Å². The van der Waals surface area contributed by atoms with Crippen LogP contribution in [0.2, 0.25) is 0 Å². The second kappa shape index (κ2) is 5.57. The fraction of sp³-hybridized carbons (Fsp3) is 0.571. The highest BCUT2D eigenvalue weighted by Gasteiger charge is 2.14. The average molecular weight is 262 g/mol. The topological polar surface area (TPSA) is 51.3 Å². The number of likely N-dealkylation sites (N-methyl/N-ethyl adjacent to an activating group) is 1. The summed E-state index contributed by atoms with van der Waals surface area (Å²) in [5.74, 6) is 0.481. The summed E-state index contributed by atoms with van der Waals surface area (Å²) in [5, 5.41) is 7.68. The lowest BCUT2D eigenvalue weighted by Gasteiger charge is -2.22. The third-order valence-corrected chi connectivity index (χ3v) is 3.39. The van der Waals surface area contributed by atoms with Crippen molar-refractivity contribution in [3.05, 3.63) is 34.5 Å². The molecule has 19 heavy (non-hydrogen) atoms. The molecular weight excluding hydrogens is 240 g/mol. The molecule has 0 aromatic carbocycles. The molecule has 2 aromatic rings. The van der Waals surface area contributed by atoms with Gasteiger partial charge in [-0.25, -0.2) is 4.52 Å². The van der Waals surface area contributed by atoms with Crippen LogP contribution in [-0.2, 0) is 6.54 Å². The molecule has 0 saturated heterocycles. The number of nitrogens with zero attached hydrogens (tertiary/aromatic N) is 3. The first-order chi connectivity index (χ1) is 9.02. The van der Waals surface area contributed by atoms with Gasteiger partial charge in [-0.3, -0.25) is 4.79 Å². The molecule has 0 bridgehead atoms. The molecule has 0 radical (unpaired) electrons. The first-order valence-electron chi connectivity index (χ1n) is 6.81. The van der Waals surface area contributed by atoms with Gasteiger partial charge in [0.25, 0.3) is 5.56 Å². The van der Waals surface area contributed by atoms with Crippen LogP contribution in [0.15, 0.2) is 23.3 Å². The van der Waals surface area contributed by atoms with Crippen LogP contribution >= 0.6 is 0 Å². The highest BCUT2D eigenvalue weighted by molar-refractivity contribution is 5.44. The Hall–Kier alpha value is -1.62. The van der Waals surface area contributed by atoms with Gasteiger partial charge in [0.15, 0.2) is 0 Å². The van der Waals surface area contributed by atoms with E-state index in [1.54, 1.807) is 9.08 Å². The van der Waals surface area contributed by atoms with Crippen LogP contribution < -0.4 is 10.9 Å². The summed E-state index contributed by atoms with van der Waals surface area (Å²) >= 11 is 0. The van der Waals surface area contributed by atoms with Gasteiger partial charge in [-0.15, -0.1) is 0 Å². The Morgan fingerprint density at radius 1 is 1.37 bits per heavy atom. The fourth-order valence-electron chi connectivity index (χ4n) is 2.28. The number of hydrogen-bond acceptors (Lipinski definition) is 3. The zero-order chi connectivity index (χ0) is 14.0. The van der Waals surface area contributed by atoms with E-state index in [-0.39, 0.29) is 5.56 Å². The fourth-order valence-corrected chi connectivity index (χ4v) is 2.28. The first kappa shape index (κ1) is 13.8. The molecule has 2 rings (SSSR count). The van der Waals surface area contributed by atoms with Gasteiger partial charge in [-0.2, -0.15) is 5.10 Å². The van der Waals surface area contributed by atoms with Gasteiger partial charge in [0.1, 0.15) is 5.52 Å². The van der Waals surface area contributed by atoms with Crippen LogP contribution in [0.4, 0.5) is 0 Å². The SMILES string of the molecule is CCNC(Cn1ccn2nc(C)cc2c1=O)C(C)C. The van der Waals surface area contributed by atoms with Crippen molar-refractivity contribution >= 4 is 5.52 Å². The maximum Gasteiger partial charge on any atom is 0.276 e. The van der Waals surface area contributed by atoms with Crippen LogP contribution in [0, 0.1) is 12.8 Å². The van der Waals surface area contributed by atoms with E-state index >= 15 is 0 Å². The van der Waals surface area contributed by atoms with Crippen molar-refractivity contribution in [1.29, 1.82) is 0 Å². The van der Waals surface area contributed by atoms with Crippen molar-refractivity contribution in [3.8, 4) is 0 Å². The monoisotopic (exact) mass is 262 g/mol. The molecule has 104 valence electrons. The minimum absolute atomic E-state index is 0.0200. The Balaban J connectivity index is 2.34. The van der Waals surface area contributed by atoms with E-state index in [2.05, 4.69) is 31.2 Å². The van der Waals surface area contributed by atoms with Gasteiger partial charge in [0, 0.05) is 25.0 Å². The second-order valence-corrected chi connectivity index (χ2v) is 5.28. The van der Waals surface area contributed by atoms with Crippen LogP contribution in [0.3, 0.4) is 0 Å². The van der Waals surface area contributed by atoms with E-state index in [1.807, 2.05) is 25.4 Å². The maximum absolute atomic E-state index is 12.4. The summed E-state index contributed by atoms with van der Waals surface area (Å²) in [6.07, 6.45) is 3.65. The Bertz CT molecular complexity index is 611. The summed E-state index contributed by atoms with van der Waals surface area (Å²) < 4.78 is 3.41. The summed E-state index contributed by atoms with van der Waals surface area (Å²) in [5.41, 5.74) is 1.52. The normalized spacial score (nSPS) is 13.3. The largest absolute Gasteiger partial charge is 0.312 e. The average Bonchev–Trinajstić information content (AvgIpc) is 2.73. The molecular formula is C14H22N4O. The van der Waals surface area contributed by atoms with Crippen LogP contribution in [0.5, 0.6) is 0 Å². The number of fused-ring (bicyclic) bond motifs is 1. The summed E-state index contributed by atoms with van der Waals surface area (Å²) in [6.45, 7) is 9.91. The van der Waals surface area contributed by atoms with Crippen molar-refractivity contribution < 1.29 is 0 Å². The molecule has 1 atom stereocenters. The summed E-state index contributed by atoms with van der Waals surface area (Å²) in [7, 11) is 0. The number of aryl methyl sites for hydroxylation is 1. The lowest BCUT2D eigenvalue weighted by molar-refractivity contribution is 0.358. The van der Waals surface area contributed by atoms with E-state index in [9.17, 15) is 4.79 Å². The van der Waals surface area contributed by atoms with E-state index < -0.39 is 0 Å². The standard InChI is InChI=1S/C14H22N4O/c1-5-15-12(10(2)3)9-17-6-7-18-13(14(17)19)8-11(4)16-18/h6-8,10,12,15H,5,9H2,1-4H3. The highest BCUT2D eigenvalue weighted by Crippen LogP contribution is 2.05.